The minimum absolute atomic E-state index is 0.0762. The lowest BCUT2D eigenvalue weighted by atomic mass is 10.1. The first-order valence-electron chi connectivity index (χ1n) is 11.1. The molecule has 0 saturated carbocycles. The fourth-order valence-corrected chi connectivity index (χ4v) is 4.80. The number of aliphatic hydroxyl groups is 1. The molecule has 12 heteroatoms. The zero-order chi connectivity index (χ0) is 25.0. The SMILES string of the molecule is O=c1c2c(C(F)(F)F)cccc2nc([C@@H]2C[C@H](O)CN2c2ncnc3nc[nH]c23)n1-c1ccccc1. The predicted molar refractivity (Wildman–Crippen MR) is 125 cm³/mol. The molecule has 0 aliphatic carbocycles. The first-order valence-corrected chi connectivity index (χ1v) is 11.1. The number of H-pyrrole nitrogens is 1. The Kier molecular flexibility index (Phi) is 5.00. The van der Waals surface area contributed by atoms with Gasteiger partial charge in [0.15, 0.2) is 11.5 Å². The molecule has 0 spiro atoms. The number of benzene rings is 2. The van der Waals surface area contributed by atoms with Crippen LogP contribution in [0.2, 0.25) is 0 Å². The van der Waals surface area contributed by atoms with Gasteiger partial charge >= 0.3 is 6.18 Å². The number of aromatic nitrogens is 6. The number of aliphatic hydroxyl groups excluding tert-OH is 1. The molecule has 1 aliphatic rings. The summed E-state index contributed by atoms with van der Waals surface area (Å²) in [6.45, 7) is 0.168. The lowest BCUT2D eigenvalue weighted by Crippen LogP contribution is -2.33. The van der Waals surface area contributed by atoms with Gasteiger partial charge in [0.25, 0.3) is 5.56 Å². The van der Waals surface area contributed by atoms with Crippen molar-refractivity contribution in [3.8, 4) is 5.69 Å². The summed E-state index contributed by atoms with van der Waals surface area (Å²) in [6, 6.07) is 11.2. The number of halogens is 3. The Balaban J connectivity index is 1.64. The van der Waals surface area contributed by atoms with Crippen molar-refractivity contribution in [3.05, 3.63) is 82.9 Å². The van der Waals surface area contributed by atoms with Gasteiger partial charge < -0.3 is 15.0 Å². The zero-order valence-corrected chi connectivity index (χ0v) is 18.5. The second-order valence-corrected chi connectivity index (χ2v) is 8.50. The van der Waals surface area contributed by atoms with E-state index in [2.05, 4.69) is 24.9 Å². The van der Waals surface area contributed by atoms with Crippen molar-refractivity contribution in [2.24, 2.45) is 0 Å². The molecular weight excluding hydrogens is 475 g/mol. The first kappa shape index (κ1) is 22.2. The van der Waals surface area contributed by atoms with Gasteiger partial charge in [-0.25, -0.2) is 19.9 Å². The molecule has 2 N–H and O–H groups in total. The first-order chi connectivity index (χ1) is 17.3. The highest BCUT2D eigenvalue weighted by Crippen LogP contribution is 2.38. The summed E-state index contributed by atoms with van der Waals surface area (Å²) in [6.07, 6.45) is -2.53. The van der Waals surface area contributed by atoms with E-state index in [9.17, 15) is 23.1 Å². The van der Waals surface area contributed by atoms with E-state index >= 15 is 0 Å². The molecule has 0 radical (unpaired) electrons. The number of nitrogens with one attached hydrogen (secondary N) is 1. The minimum atomic E-state index is -4.74. The third-order valence-electron chi connectivity index (χ3n) is 6.30. The molecule has 0 amide bonds. The summed E-state index contributed by atoms with van der Waals surface area (Å²) in [5.74, 6) is 0.637. The standard InChI is InChI=1S/C24H18F3N7O2/c25-24(26,27)15-7-4-8-16-18(15)23(36)34(13-5-2-1-3-6-13)21(32-16)17-9-14(35)10-33(17)22-19-20(29-11-28-19)30-12-31-22/h1-8,11-12,14,17,35H,9-10H2,(H,28,29,30,31)/t14-,17-/m0/s1. The average Bonchev–Trinajstić information content (AvgIpc) is 3.50. The van der Waals surface area contributed by atoms with Crippen LogP contribution in [0.3, 0.4) is 0 Å². The number of para-hydroxylation sites is 1. The highest BCUT2D eigenvalue weighted by atomic mass is 19.4. The highest BCUT2D eigenvalue weighted by molar-refractivity contribution is 5.84. The van der Waals surface area contributed by atoms with Crippen LogP contribution < -0.4 is 10.5 Å². The van der Waals surface area contributed by atoms with Crippen molar-refractivity contribution in [2.75, 3.05) is 11.4 Å². The molecule has 0 unspecified atom stereocenters. The number of anilines is 1. The monoisotopic (exact) mass is 493 g/mol. The van der Waals surface area contributed by atoms with Gasteiger partial charge in [-0.05, 0) is 24.3 Å². The third kappa shape index (κ3) is 3.49. The number of fused-ring (bicyclic) bond motifs is 2. The number of alkyl halides is 3. The number of rotatable bonds is 3. The Labute approximate surface area is 200 Å². The van der Waals surface area contributed by atoms with E-state index < -0.39 is 34.8 Å². The molecule has 182 valence electrons. The molecule has 1 aliphatic heterocycles. The van der Waals surface area contributed by atoms with Crippen LogP contribution in [0.5, 0.6) is 0 Å². The van der Waals surface area contributed by atoms with Gasteiger partial charge in [-0.2, -0.15) is 13.2 Å². The maximum Gasteiger partial charge on any atom is 0.417 e. The van der Waals surface area contributed by atoms with Gasteiger partial charge in [-0.1, -0.05) is 24.3 Å². The zero-order valence-electron chi connectivity index (χ0n) is 18.5. The van der Waals surface area contributed by atoms with Gasteiger partial charge in [0.1, 0.15) is 17.7 Å². The number of imidazole rings is 1. The number of hydrogen-bond donors (Lipinski definition) is 2. The number of nitrogens with zero attached hydrogens (tertiary/aromatic N) is 6. The highest BCUT2D eigenvalue weighted by Gasteiger charge is 2.39. The molecule has 1 fully saturated rings. The van der Waals surface area contributed by atoms with Gasteiger partial charge in [0, 0.05) is 13.0 Å². The van der Waals surface area contributed by atoms with Crippen LogP contribution in [0.25, 0.3) is 27.8 Å². The fraction of sp³-hybridized carbons (Fsp3) is 0.208. The molecule has 0 bridgehead atoms. The van der Waals surface area contributed by atoms with Crippen LogP contribution >= 0.6 is 0 Å². The third-order valence-corrected chi connectivity index (χ3v) is 6.30. The minimum Gasteiger partial charge on any atom is -0.391 e. The largest absolute Gasteiger partial charge is 0.417 e. The summed E-state index contributed by atoms with van der Waals surface area (Å²) in [7, 11) is 0. The van der Waals surface area contributed by atoms with E-state index in [1.54, 1.807) is 35.2 Å². The van der Waals surface area contributed by atoms with Crippen LogP contribution in [-0.4, -0.2) is 47.2 Å². The van der Waals surface area contributed by atoms with E-state index in [-0.39, 0.29) is 24.3 Å². The molecule has 9 nitrogen and oxygen atoms in total. The molecular formula is C24H18F3N7O2. The second kappa shape index (κ2) is 8.12. The van der Waals surface area contributed by atoms with Crippen molar-refractivity contribution in [1.82, 2.24) is 29.5 Å². The van der Waals surface area contributed by atoms with Gasteiger partial charge in [0.2, 0.25) is 0 Å². The topological polar surface area (TPSA) is 113 Å². The normalized spacial score (nSPS) is 18.4. The van der Waals surface area contributed by atoms with E-state index in [0.717, 1.165) is 6.07 Å². The molecule has 2 aromatic carbocycles. The van der Waals surface area contributed by atoms with Crippen molar-refractivity contribution in [2.45, 2.75) is 24.7 Å². The van der Waals surface area contributed by atoms with Crippen molar-refractivity contribution < 1.29 is 18.3 Å². The smallest absolute Gasteiger partial charge is 0.391 e. The summed E-state index contributed by atoms with van der Waals surface area (Å²) in [5.41, 5.74) is -0.656. The van der Waals surface area contributed by atoms with Gasteiger partial charge in [0.05, 0.1) is 40.6 Å². The van der Waals surface area contributed by atoms with Crippen molar-refractivity contribution in [3.63, 3.8) is 0 Å². The van der Waals surface area contributed by atoms with E-state index in [4.69, 9.17) is 0 Å². The van der Waals surface area contributed by atoms with E-state index in [0.29, 0.717) is 22.7 Å². The molecule has 6 rings (SSSR count). The fourth-order valence-electron chi connectivity index (χ4n) is 4.80. The van der Waals surface area contributed by atoms with Crippen LogP contribution in [0.4, 0.5) is 19.0 Å². The average molecular weight is 493 g/mol. The lowest BCUT2D eigenvalue weighted by Gasteiger charge is -2.27. The maximum absolute atomic E-state index is 13.8. The molecule has 3 aromatic heterocycles. The number of aromatic amines is 1. The number of hydrogen-bond acceptors (Lipinski definition) is 7. The summed E-state index contributed by atoms with van der Waals surface area (Å²) < 4.78 is 42.7. The Bertz CT molecular complexity index is 1650. The molecule has 36 heavy (non-hydrogen) atoms. The Morgan fingerprint density at radius 1 is 1.03 bits per heavy atom. The van der Waals surface area contributed by atoms with Crippen LogP contribution in [0.1, 0.15) is 23.9 Å². The van der Waals surface area contributed by atoms with Crippen molar-refractivity contribution in [1.29, 1.82) is 0 Å². The second-order valence-electron chi connectivity index (χ2n) is 8.50. The Morgan fingerprint density at radius 3 is 2.61 bits per heavy atom. The Hall–Kier alpha value is -4.32. The number of β-amino-alcohol motifs (C(OH)–C–C–N with tert-alkyl or cyclic N) is 1. The molecule has 1 saturated heterocycles. The van der Waals surface area contributed by atoms with Gasteiger partial charge in [-0.15, -0.1) is 0 Å². The van der Waals surface area contributed by atoms with Crippen LogP contribution in [-0.2, 0) is 6.18 Å². The van der Waals surface area contributed by atoms with Crippen LogP contribution in [0, 0.1) is 0 Å². The molecule has 2 atom stereocenters. The lowest BCUT2D eigenvalue weighted by molar-refractivity contribution is -0.136. The summed E-state index contributed by atoms with van der Waals surface area (Å²) in [4.78, 5) is 35.8. The summed E-state index contributed by atoms with van der Waals surface area (Å²) >= 11 is 0. The van der Waals surface area contributed by atoms with Crippen molar-refractivity contribution >= 4 is 27.9 Å². The predicted octanol–water partition coefficient (Wildman–Crippen LogP) is 3.38. The quantitative estimate of drug-likeness (QED) is 0.396. The van der Waals surface area contributed by atoms with E-state index in [1.807, 2.05) is 0 Å². The summed E-state index contributed by atoms with van der Waals surface area (Å²) in [5, 5.41) is 10.1. The van der Waals surface area contributed by atoms with Gasteiger partial charge in [-0.3, -0.25) is 9.36 Å². The maximum atomic E-state index is 13.8. The molecule has 4 heterocycles. The Morgan fingerprint density at radius 2 is 1.83 bits per heavy atom. The van der Waals surface area contributed by atoms with E-state index in [1.165, 1.54) is 29.4 Å². The van der Waals surface area contributed by atoms with Crippen LogP contribution in [0.15, 0.2) is 66.0 Å². The molecule has 5 aromatic rings.